The number of aliphatic hydroxyl groups is 1. The number of aliphatic hydroxyl groups excluding tert-OH is 1. The lowest BCUT2D eigenvalue weighted by atomic mass is 10.1. The van der Waals surface area contributed by atoms with E-state index in [1.807, 2.05) is 0 Å². The number of hydrogen-bond donors (Lipinski definition) is 1. The van der Waals surface area contributed by atoms with Crippen LogP contribution in [0.1, 0.15) is 17.7 Å². The highest BCUT2D eigenvalue weighted by molar-refractivity contribution is 5.36. The second-order valence-corrected chi connectivity index (χ2v) is 5.45. The van der Waals surface area contributed by atoms with Crippen molar-refractivity contribution in [2.24, 2.45) is 0 Å². The zero-order valence-electron chi connectivity index (χ0n) is 14.2. The maximum absolute atomic E-state index is 13.8. The van der Waals surface area contributed by atoms with E-state index < -0.39 is 0 Å². The van der Waals surface area contributed by atoms with Crippen molar-refractivity contribution in [3.63, 3.8) is 0 Å². The lowest BCUT2D eigenvalue weighted by Crippen LogP contribution is -2.00. The molecule has 0 fully saturated rings. The fourth-order valence-electron chi connectivity index (χ4n) is 2.28. The third-order valence-corrected chi connectivity index (χ3v) is 3.63. The number of nitrogens with zero attached hydrogens (tertiary/aromatic N) is 5. The predicted octanol–water partition coefficient (Wildman–Crippen LogP) is 1.71. The Hall–Kier alpha value is -3.07. The molecule has 0 atom stereocenters. The number of ether oxygens (including phenoxy) is 2. The van der Waals surface area contributed by atoms with Gasteiger partial charge in [-0.05, 0) is 36.6 Å². The topological polar surface area (TPSA) is 95.2 Å². The number of hydrogen-bond acceptors (Lipinski definition) is 7. The van der Waals surface area contributed by atoms with Crippen LogP contribution in [0.25, 0.3) is 5.69 Å². The number of halogens is 1. The summed E-state index contributed by atoms with van der Waals surface area (Å²) in [5.74, 6) is 0.235. The summed E-state index contributed by atoms with van der Waals surface area (Å²) in [6.45, 7) is 0.160. The minimum atomic E-state index is -0.303. The Morgan fingerprint density at radius 3 is 2.77 bits per heavy atom. The van der Waals surface area contributed by atoms with Gasteiger partial charge in [-0.3, -0.25) is 0 Å². The van der Waals surface area contributed by atoms with E-state index in [1.54, 1.807) is 18.3 Å². The van der Waals surface area contributed by atoms with E-state index in [1.165, 1.54) is 30.3 Å². The Balaban J connectivity index is 1.67. The van der Waals surface area contributed by atoms with Gasteiger partial charge in [0.1, 0.15) is 18.1 Å². The molecule has 2 heterocycles. The van der Waals surface area contributed by atoms with E-state index in [4.69, 9.17) is 14.6 Å². The van der Waals surface area contributed by atoms with Crippen LogP contribution in [0.2, 0.25) is 0 Å². The van der Waals surface area contributed by atoms with Crippen LogP contribution in [0.3, 0.4) is 0 Å². The summed E-state index contributed by atoms with van der Waals surface area (Å²) >= 11 is 0. The van der Waals surface area contributed by atoms with Gasteiger partial charge >= 0.3 is 6.01 Å². The fraction of sp³-hybridized carbons (Fsp3) is 0.294. The second-order valence-electron chi connectivity index (χ2n) is 5.45. The fourth-order valence-corrected chi connectivity index (χ4v) is 2.28. The first kappa shape index (κ1) is 17.7. The first-order valence-corrected chi connectivity index (χ1v) is 7.99. The molecular formula is C17H18FN5O3. The van der Waals surface area contributed by atoms with Gasteiger partial charge in [0.25, 0.3) is 0 Å². The van der Waals surface area contributed by atoms with Gasteiger partial charge in [-0.2, -0.15) is 9.97 Å². The lowest BCUT2D eigenvalue weighted by Gasteiger charge is -2.06. The van der Waals surface area contributed by atoms with Gasteiger partial charge < -0.3 is 14.6 Å². The third kappa shape index (κ3) is 4.31. The summed E-state index contributed by atoms with van der Waals surface area (Å²) in [6, 6.07) is 4.89. The van der Waals surface area contributed by atoms with E-state index in [-0.39, 0.29) is 25.0 Å². The average molecular weight is 359 g/mol. The molecule has 136 valence electrons. The van der Waals surface area contributed by atoms with Gasteiger partial charge in [-0.15, -0.1) is 5.10 Å². The van der Waals surface area contributed by atoms with E-state index in [2.05, 4.69) is 20.3 Å². The van der Waals surface area contributed by atoms with Crippen LogP contribution >= 0.6 is 0 Å². The van der Waals surface area contributed by atoms with E-state index in [0.29, 0.717) is 35.5 Å². The Morgan fingerprint density at radius 1 is 1.23 bits per heavy atom. The van der Waals surface area contributed by atoms with Crippen LogP contribution in [0.5, 0.6) is 11.8 Å². The normalized spacial score (nSPS) is 10.7. The highest BCUT2D eigenvalue weighted by atomic mass is 19.1. The van der Waals surface area contributed by atoms with Crippen molar-refractivity contribution in [2.45, 2.75) is 19.4 Å². The quantitative estimate of drug-likeness (QED) is 0.654. The van der Waals surface area contributed by atoms with Gasteiger partial charge in [-0.1, -0.05) is 5.21 Å². The summed E-state index contributed by atoms with van der Waals surface area (Å²) in [6.07, 6.45) is 5.65. The van der Waals surface area contributed by atoms with Crippen LogP contribution in [-0.2, 0) is 13.0 Å². The molecule has 8 nitrogen and oxygen atoms in total. The van der Waals surface area contributed by atoms with Crippen molar-refractivity contribution in [3.05, 3.63) is 53.9 Å². The van der Waals surface area contributed by atoms with Gasteiger partial charge in [0.2, 0.25) is 0 Å². The highest BCUT2D eigenvalue weighted by Gasteiger charge is 2.08. The monoisotopic (exact) mass is 359 g/mol. The van der Waals surface area contributed by atoms with E-state index in [0.717, 1.165) is 0 Å². The van der Waals surface area contributed by atoms with Crippen LogP contribution in [0.4, 0.5) is 4.39 Å². The van der Waals surface area contributed by atoms with E-state index in [9.17, 15) is 4.39 Å². The number of methoxy groups -OCH3 is 1. The summed E-state index contributed by atoms with van der Waals surface area (Å²) < 4.78 is 25.8. The van der Waals surface area contributed by atoms with Crippen LogP contribution < -0.4 is 9.47 Å². The van der Waals surface area contributed by atoms with Crippen molar-refractivity contribution >= 4 is 0 Å². The molecule has 0 bridgehead atoms. The molecule has 3 rings (SSSR count). The molecule has 0 aliphatic rings. The Kier molecular flexibility index (Phi) is 5.69. The van der Waals surface area contributed by atoms with Crippen molar-refractivity contribution in [3.8, 4) is 17.4 Å². The molecule has 0 saturated carbocycles. The summed E-state index contributed by atoms with van der Waals surface area (Å²) in [4.78, 5) is 8.01. The first-order valence-electron chi connectivity index (χ1n) is 7.99. The van der Waals surface area contributed by atoms with Crippen molar-refractivity contribution in [1.82, 2.24) is 25.0 Å². The van der Waals surface area contributed by atoms with Crippen molar-refractivity contribution in [2.75, 3.05) is 13.7 Å². The van der Waals surface area contributed by atoms with E-state index >= 15 is 0 Å². The molecule has 1 N–H and O–H groups in total. The second kappa shape index (κ2) is 8.34. The van der Waals surface area contributed by atoms with Crippen molar-refractivity contribution in [1.29, 1.82) is 0 Å². The molecule has 0 radical (unpaired) electrons. The molecular weight excluding hydrogens is 341 g/mol. The third-order valence-electron chi connectivity index (χ3n) is 3.63. The number of aromatic nitrogens is 5. The minimum absolute atomic E-state index is 0.0158. The standard InChI is InChI=1S/C17H18FN5O3/c1-25-15-8-19-17(20-9-15)26-11-13-10-23(22-21-13)14-4-5-16(18)12(7-14)3-2-6-24/h4-5,7-10,24H,2-3,6,11H2,1H3. The molecule has 0 aliphatic carbocycles. The highest BCUT2D eigenvalue weighted by Crippen LogP contribution is 2.16. The minimum Gasteiger partial charge on any atom is -0.494 e. The van der Waals surface area contributed by atoms with Crippen molar-refractivity contribution < 1.29 is 19.0 Å². The van der Waals surface area contributed by atoms with Crippen LogP contribution in [0, 0.1) is 5.82 Å². The molecule has 0 amide bonds. The molecule has 0 spiro atoms. The van der Waals surface area contributed by atoms with Crippen LogP contribution in [-0.4, -0.2) is 43.8 Å². The smallest absolute Gasteiger partial charge is 0.316 e. The predicted molar refractivity (Wildman–Crippen MR) is 89.6 cm³/mol. The zero-order chi connectivity index (χ0) is 18.4. The van der Waals surface area contributed by atoms with Crippen LogP contribution in [0.15, 0.2) is 36.8 Å². The lowest BCUT2D eigenvalue weighted by molar-refractivity contribution is 0.274. The van der Waals surface area contributed by atoms with Gasteiger partial charge in [-0.25, -0.2) is 9.07 Å². The molecule has 26 heavy (non-hydrogen) atoms. The molecule has 2 aromatic heterocycles. The van der Waals surface area contributed by atoms with Gasteiger partial charge in [0.05, 0.1) is 31.4 Å². The SMILES string of the molecule is COc1cnc(OCc2cn(-c3ccc(F)c(CCCO)c3)nn2)nc1. The number of rotatable bonds is 8. The Morgan fingerprint density at radius 2 is 2.04 bits per heavy atom. The largest absolute Gasteiger partial charge is 0.494 e. The molecule has 0 saturated heterocycles. The summed E-state index contributed by atoms with van der Waals surface area (Å²) in [5.41, 5.74) is 1.78. The number of aryl methyl sites for hydroxylation is 1. The number of benzene rings is 1. The van der Waals surface area contributed by atoms with Gasteiger partial charge in [0, 0.05) is 6.61 Å². The Labute approximate surface area is 149 Å². The van der Waals surface area contributed by atoms with Gasteiger partial charge in [0.15, 0.2) is 5.75 Å². The first-order chi connectivity index (χ1) is 12.7. The maximum Gasteiger partial charge on any atom is 0.316 e. The molecule has 0 aliphatic heterocycles. The Bertz CT molecular complexity index is 854. The molecule has 1 aromatic carbocycles. The summed E-state index contributed by atoms with van der Waals surface area (Å²) in [7, 11) is 1.53. The molecule has 0 unspecified atom stereocenters. The molecule has 3 aromatic rings. The maximum atomic E-state index is 13.8. The summed E-state index contributed by atoms with van der Waals surface area (Å²) in [5, 5.41) is 17.0. The zero-order valence-corrected chi connectivity index (χ0v) is 14.2. The average Bonchev–Trinajstić information content (AvgIpc) is 3.15. The molecule has 9 heteroatoms.